The number of hydrogen-bond acceptors (Lipinski definition) is 4. The van der Waals surface area contributed by atoms with Crippen LogP contribution in [0.1, 0.15) is 33.9 Å². The summed E-state index contributed by atoms with van der Waals surface area (Å²) >= 11 is 0. The van der Waals surface area contributed by atoms with Crippen LogP contribution in [-0.2, 0) is 19.4 Å². The maximum atomic E-state index is 13.5. The number of amides is 2. The Morgan fingerprint density at radius 2 is 1.58 bits per heavy atom. The number of fused-ring (bicyclic) bond motifs is 1. The normalized spacial score (nSPS) is 17.2. The number of carbonyl (C=O) groups is 2. The van der Waals surface area contributed by atoms with Crippen molar-refractivity contribution < 1.29 is 18.0 Å². The lowest BCUT2D eigenvalue weighted by Crippen LogP contribution is -2.38. The van der Waals surface area contributed by atoms with Gasteiger partial charge in [0.25, 0.3) is 0 Å². The summed E-state index contributed by atoms with van der Waals surface area (Å²) in [5.41, 5.74) is 4.43. The molecule has 1 heterocycles. The van der Waals surface area contributed by atoms with E-state index in [4.69, 9.17) is 0 Å². The van der Waals surface area contributed by atoms with Gasteiger partial charge < -0.3 is 10.2 Å². The minimum atomic E-state index is -3.85. The lowest BCUT2D eigenvalue weighted by atomic mass is 10.1. The Hall–Kier alpha value is -3.45. The van der Waals surface area contributed by atoms with E-state index in [-0.39, 0.29) is 29.5 Å². The van der Waals surface area contributed by atoms with Gasteiger partial charge >= 0.3 is 0 Å². The molecule has 4 rings (SSSR count). The fraction of sp³-hybridized carbons (Fsp3) is 0.231. The molecule has 1 atom stereocenters. The van der Waals surface area contributed by atoms with Gasteiger partial charge in [0.1, 0.15) is 6.54 Å². The predicted octanol–water partition coefficient (Wildman–Crippen LogP) is 4.50. The highest BCUT2D eigenvalue weighted by Crippen LogP contribution is 2.40. The molecule has 33 heavy (non-hydrogen) atoms. The SMILES string of the molecule is Cc1cc(C)c(NC(=O)CN2C(=O)C[C@@H](c3ccccc3)S(=O)(=O)c3ccccc32)c(C)c1. The molecule has 6 nitrogen and oxygen atoms in total. The average Bonchev–Trinajstić information content (AvgIpc) is 2.85. The number of para-hydroxylation sites is 1. The number of anilines is 2. The Bertz CT molecular complexity index is 1310. The molecule has 7 heteroatoms. The van der Waals surface area contributed by atoms with Crippen molar-refractivity contribution in [1.29, 1.82) is 0 Å². The van der Waals surface area contributed by atoms with Crippen molar-refractivity contribution in [2.45, 2.75) is 37.3 Å². The second-order valence-electron chi connectivity index (χ2n) is 8.42. The molecule has 3 aromatic rings. The summed E-state index contributed by atoms with van der Waals surface area (Å²) < 4.78 is 27.1. The van der Waals surface area contributed by atoms with Gasteiger partial charge in [0.2, 0.25) is 11.8 Å². The lowest BCUT2D eigenvalue weighted by Gasteiger charge is -2.22. The van der Waals surface area contributed by atoms with E-state index in [1.165, 1.54) is 11.0 Å². The first-order valence-corrected chi connectivity index (χ1v) is 12.3. The third-order valence-corrected chi connectivity index (χ3v) is 8.06. The van der Waals surface area contributed by atoms with E-state index in [1.54, 1.807) is 48.5 Å². The predicted molar refractivity (Wildman–Crippen MR) is 129 cm³/mol. The van der Waals surface area contributed by atoms with Gasteiger partial charge in [-0.05, 0) is 49.6 Å². The van der Waals surface area contributed by atoms with Crippen molar-refractivity contribution in [3.63, 3.8) is 0 Å². The highest BCUT2D eigenvalue weighted by molar-refractivity contribution is 7.92. The van der Waals surface area contributed by atoms with E-state index in [0.717, 1.165) is 16.7 Å². The number of sulfone groups is 1. The van der Waals surface area contributed by atoms with E-state index >= 15 is 0 Å². The zero-order valence-electron chi connectivity index (χ0n) is 18.8. The number of nitrogens with one attached hydrogen (secondary N) is 1. The van der Waals surface area contributed by atoms with Crippen LogP contribution in [0.2, 0.25) is 0 Å². The molecule has 1 aliphatic heterocycles. The van der Waals surface area contributed by atoms with Crippen molar-refractivity contribution in [3.05, 3.63) is 89.0 Å². The number of carbonyl (C=O) groups excluding carboxylic acids is 2. The van der Waals surface area contributed by atoms with E-state index in [1.807, 2.05) is 32.9 Å². The molecule has 170 valence electrons. The maximum Gasteiger partial charge on any atom is 0.244 e. The van der Waals surface area contributed by atoms with Gasteiger partial charge in [0, 0.05) is 12.1 Å². The summed E-state index contributed by atoms with van der Waals surface area (Å²) in [6, 6.07) is 19.1. The van der Waals surface area contributed by atoms with Crippen molar-refractivity contribution in [2.24, 2.45) is 0 Å². The Kier molecular flexibility index (Phi) is 6.08. The van der Waals surface area contributed by atoms with E-state index in [0.29, 0.717) is 11.3 Å². The quantitative estimate of drug-likeness (QED) is 0.619. The summed E-state index contributed by atoms with van der Waals surface area (Å²) in [6.45, 7) is 5.54. The monoisotopic (exact) mass is 462 g/mol. The van der Waals surface area contributed by atoms with Crippen LogP contribution in [0.3, 0.4) is 0 Å². The largest absolute Gasteiger partial charge is 0.324 e. The molecular weight excluding hydrogens is 436 g/mol. The maximum absolute atomic E-state index is 13.5. The lowest BCUT2D eigenvalue weighted by molar-refractivity contribution is -0.121. The molecule has 0 radical (unpaired) electrons. The van der Waals surface area contributed by atoms with Gasteiger partial charge in [-0.25, -0.2) is 8.42 Å². The molecule has 0 spiro atoms. The third-order valence-electron chi connectivity index (χ3n) is 5.91. The molecule has 0 unspecified atom stereocenters. The van der Waals surface area contributed by atoms with Crippen molar-refractivity contribution in [3.8, 4) is 0 Å². The Labute approximate surface area is 194 Å². The van der Waals surface area contributed by atoms with Crippen molar-refractivity contribution in [1.82, 2.24) is 0 Å². The van der Waals surface area contributed by atoms with Crippen LogP contribution in [0, 0.1) is 20.8 Å². The summed E-state index contributed by atoms with van der Waals surface area (Å²) in [7, 11) is -3.85. The Morgan fingerprint density at radius 3 is 2.24 bits per heavy atom. The Morgan fingerprint density at radius 1 is 0.970 bits per heavy atom. The summed E-state index contributed by atoms with van der Waals surface area (Å²) in [6.07, 6.45) is -0.239. The van der Waals surface area contributed by atoms with E-state index < -0.39 is 21.0 Å². The highest BCUT2D eigenvalue weighted by atomic mass is 32.2. The number of rotatable bonds is 4. The molecule has 0 bridgehead atoms. The second kappa shape index (κ2) is 8.83. The molecule has 0 fully saturated rings. The van der Waals surface area contributed by atoms with E-state index in [2.05, 4.69) is 5.32 Å². The molecule has 2 amide bonds. The molecule has 0 aliphatic carbocycles. The van der Waals surface area contributed by atoms with Gasteiger partial charge in [-0.15, -0.1) is 0 Å². The van der Waals surface area contributed by atoms with Gasteiger partial charge in [0.05, 0.1) is 15.8 Å². The molecule has 1 aliphatic rings. The fourth-order valence-corrected chi connectivity index (χ4v) is 6.35. The molecule has 0 saturated heterocycles. The van der Waals surface area contributed by atoms with Gasteiger partial charge in [-0.3, -0.25) is 9.59 Å². The first kappa shape index (κ1) is 22.7. The first-order valence-electron chi connectivity index (χ1n) is 10.7. The highest BCUT2D eigenvalue weighted by Gasteiger charge is 2.39. The van der Waals surface area contributed by atoms with Crippen molar-refractivity contribution >= 4 is 33.0 Å². The molecule has 0 aromatic heterocycles. The van der Waals surface area contributed by atoms with Crippen LogP contribution in [-0.4, -0.2) is 26.8 Å². The molecule has 1 N–H and O–H groups in total. The van der Waals surface area contributed by atoms with Gasteiger partial charge in [0.15, 0.2) is 9.84 Å². The number of nitrogens with zero attached hydrogens (tertiary/aromatic N) is 1. The number of aryl methyl sites for hydroxylation is 3. The van der Waals surface area contributed by atoms with Crippen LogP contribution in [0.25, 0.3) is 0 Å². The van der Waals surface area contributed by atoms with Crippen molar-refractivity contribution in [2.75, 3.05) is 16.8 Å². The van der Waals surface area contributed by atoms with Crippen LogP contribution in [0.5, 0.6) is 0 Å². The zero-order chi connectivity index (χ0) is 23.8. The zero-order valence-corrected chi connectivity index (χ0v) is 19.6. The molecule has 0 saturated carbocycles. The number of benzene rings is 3. The van der Waals surface area contributed by atoms with Gasteiger partial charge in [-0.1, -0.05) is 60.2 Å². The second-order valence-corrected chi connectivity index (χ2v) is 10.5. The van der Waals surface area contributed by atoms with Crippen LogP contribution >= 0.6 is 0 Å². The van der Waals surface area contributed by atoms with Crippen LogP contribution < -0.4 is 10.2 Å². The standard InChI is InChI=1S/C26H26N2O4S/c1-17-13-18(2)26(19(3)14-17)27-24(29)16-28-21-11-7-8-12-22(21)33(31,32)23(15-25(28)30)20-9-5-4-6-10-20/h4-14,23H,15-16H2,1-3H3,(H,27,29)/t23-/m0/s1. The van der Waals surface area contributed by atoms with Crippen LogP contribution in [0.4, 0.5) is 11.4 Å². The minimum absolute atomic E-state index is 0.0557. The summed E-state index contributed by atoms with van der Waals surface area (Å²) in [5.74, 6) is -0.798. The van der Waals surface area contributed by atoms with Gasteiger partial charge in [-0.2, -0.15) is 0 Å². The first-order chi connectivity index (χ1) is 15.7. The van der Waals surface area contributed by atoms with Crippen LogP contribution in [0.15, 0.2) is 71.6 Å². The minimum Gasteiger partial charge on any atom is -0.324 e. The summed E-state index contributed by atoms with van der Waals surface area (Å²) in [5, 5.41) is 1.89. The molecule has 3 aromatic carbocycles. The number of hydrogen-bond donors (Lipinski definition) is 1. The van der Waals surface area contributed by atoms with E-state index in [9.17, 15) is 18.0 Å². The smallest absolute Gasteiger partial charge is 0.244 e. The topological polar surface area (TPSA) is 83.6 Å². The fourth-order valence-electron chi connectivity index (χ4n) is 4.42. The third kappa shape index (κ3) is 4.41. The molecular formula is C26H26N2O4S. The average molecular weight is 463 g/mol. The Balaban J connectivity index is 1.70. The summed E-state index contributed by atoms with van der Waals surface area (Å²) in [4.78, 5) is 27.6.